The van der Waals surface area contributed by atoms with Crippen molar-refractivity contribution >= 4 is 5.91 Å². The van der Waals surface area contributed by atoms with E-state index in [4.69, 9.17) is 5.73 Å². The molecule has 0 rings (SSSR count). The molecule has 0 saturated carbocycles. The Morgan fingerprint density at radius 1 is 1.36 bits per heavy atom. The number of carbonyl (C=O) groups is 1. The van der Waals surface area contributed by atoms with Crippen molar-refractivity contribution in [3.8, 4) is 0 Å². The van der Waals surface area contributed by atoms with Crippen molar-refractivity contribution in [3.05, 3.63) is 0 Å². The fourth-order valence-electron chi connectivity index (χ4n) is 0.808. The highest BCUT2D eigenvalue weighted by atomic mass is 16.3. The largest absolute Gasteiger partial charge is 0.391 e. The molecule has 0 aromatic heterocycles. The lowest BCUT2D eigenvalue weighted by Crippen LogP contribution is -2.56. The van der Waals surface area contributed by atoms with Crippen molar-refractivity contribution < 1.29 is 9.90 Å². The summed E-state index contributed by atoms with van der Waals surface area (Å²) >= 11 is 0. The minimum Gasteiger partial charge on any atom is -0.391 e. The Bertz CT molecular complexity index is 200. The van der Waals surface area contributed by atoms with E-state index in [1.165, 1.54) is 0 Å². The van der Waals surface area contributed by atoms with Crippen LogP contribution in [0, 0.1) is 5.92 Å². The highest BCUT2D eigenvalue weighted by Crippen LogP contribution is 2.09. The van der Waals surface area contributed by atoms with Crippen LogP contribution in [0.25, 0.3) is 0 Å². The molecule has 0 aliphatic carbocycles. The minimum absolute atomic E-state index is 0.0970. The van der Waals surface area contributed by atoms with Gasteiger partial charge in [0, 0.05) is 0 Å². The molecule has 2 unspecified atom stereocenters. The number of aliphatic hydroxyl groups is 1. The smallest absolute Gasteiger partial charge is 0.237 e. The van der Waals surface area contributed by atoms with E-state index in [0.717, 1.165) is 0 Å². The van der Waals surface area contributed by atoms with Crippen molar-refractivity contribution in [1.29, 1.82) is 0 Å². The third-order valence-corrected chi connectivity index (χ3v) is 2.51. The summed E-state index contributed by atoms with van der Waals surface area (Å²) in [5.41, 5.74) is 5.04. The molecule has 4 nitrogen and oxygen atoms in total. The molecule has 0 aliphatic heterocycles. The predicted octanol–water partition coefficient (Wildman–Crippen LogP) is 0.245. The van der Waals surface area contributed by atoms with Gasteiger partial charge in [-0.3, -0.25) is 4.79 Å². The highest BCUT2D eigenvalue weighted by Gasteiger charge is 2.28. The van der Waals surface area contributed by atoms with Gasteiger partial charge in [-0.05, 0) is 26.7 Å². The zero-order chi connectivity index (χ0) is 11.5. The van der Waals surface area contributed by atoms with Crippen LogP contribution in [0.1, 0.15) is 34.6 Å². The molecule has 1 amide bonds. The number of carbonyl (C=O) groups excluding carboxylic acids is 1. The highest BCUT2D eigenvalue weighted by molar-refractivity contribution is 5.82. The molecule has 0 bridgehead atoms. The normalized spacial score (nSPS) is 16.6. The maximum atomic E-state index is 11.6. The van der Waals surface area contributed by atoms with Crippen molar-refractivity contribution in [2.24, 2.45) is 11.7 Å². The number of hydrogen-bond acceptors (Lipinski definition) is 3. The predicted molar refractivity (Wildman–Crippen MR) is 56.7 cm³/mol. The Labute approximate surface area is 85.9 Å². The molecule has 0 heterocycles. The van der Waals surface area contributed by atoms with E-state index in [2.05, 4.69) is 5.32 Å². The first-order valence-corrected chi connectivity index (χ1v) is 4.94. The summed E-state index contributed by atoms with van der Waals surface area (Å²) in [6.07, 6.45) is -0.606. The summed E-state index contributed by atoms with van der Waals surface area (Å²) in [7, 11) is 0. The van der Waals surface area contributed by atoms with Crippen LogP contribution in [-0.4, -0.2) is 28.7 Å². The summed E-state index contributed by atoms with van der Waals surface area (Å²) in [6, 6.07) is -0.520. The SMILES string of the molecule is CC(C)C(N)C(=O)NC(C)(C)C(C)O. The van der Waals surface area contributed by atoms with Gasteiger partial charge in [-0.2, -0.15) is 0 Å². The van der Waals surface area contributed by atoms with Crippen LogP contribution < -0.4 is 11.1 Å². The van der Waals surface area contributed by atoms with E-state index in [0.29, 0.717) is 0 Å². The first kappa shape index (κ1) is 13.4. The molecule has 14 heavy (non-hydrogen) atoms. The zero-order valence-electron chi connectivity index (χ0n) is 9.66. The maximum absolute atomic E-state index is 11.6. The molecular formula is C10H22N2O2. The summed E-state index contributed by atoms with van der Waals surface area (Å²) in [5.74, 6) is -0.120. The van der Waals surface area contributed by atoms with Crippen molar-refractivity contribution in [2.75, 3.05) is 0 Å². The van der Waals surface area contributed by atoms with Crippen LogP contribution in [0.15, 0.2) is 0 Å². The number of hydrogen-bond donors (Lipinski definition) is 3. The molecule has 0 fully saturated rings. The molecule has 84 valence electrons. The second-order valence-corrected chi connectivity index (χ2v) is 4.66. The van der Waals surface area contributed by atoms with E-state index in [9.17, 15) is 9.90 Å². The molecule has 0 aromatic carbocycles. The van der Waals surface area contributed by atoms with Crippen molar-refractivity contribution in [1.82, 2.24) is 5.32 Å². The Morgan fingerprint density at radius 2 is 1.79 bits per heavy atom. The number of nitrogens with two attached hydrogens (primary N) is 1. The monoisotopic (exact) mass is 202 g/mol. The Kier molecular flexibility index (Phi) is 4.55. The summed E-state index contributed by atoms with van der Waals surface area (Å²) < 4.78 is 0. The molecule has 0 aliphatic rings. The van der Waals surface area contributed by atoms with Gasteiger partial charge < -0.3 is 16.2 Å². The lowest BCUT2D eigenvalue weighted by atomic mass is 9.96. The van der Waals surface area contributed by atoms with Gasteiger partial charge in [-0.25, -0.2) is 0 Å². The molecule has 0 saturated heterocycles. The molecule has 0 radical (unpaired) electrons. The maximum Gasteiger partial charge on any atom is 0.237 e. The molecule has 0 aromatic rings. The number of nitrogens with one attached hydrogen (secondary N) is 1. The third-order valence-electron chi connectivity index (χ3n) is 2.51. The lowest BCUT2D eigenvalue weighted by Gasteiger charge is -2.31. The van der Waals surface area contributed by atoms with Crippen molar-refractivity contribution in [3.63, 3.8) is 0 Å². The zero-order valence-corrected chi connectivity index (χ0v) is 9.66. The fraction of sp³-hybridized carbons (Fsp3) is 0.900. The van der Waals surface area contributed by atoms with Gasteiger partial charge in [-0.15, -0.1) is 0 Å². The first-order chi connectivity index (χ1) is 6.18. The van der Waals surface area contributed by atoms with Crippen LogP contribution in [0.4, 0.5) is 0 Å². The van der Waals surface area contributed by atoms with Crippen LogP contribution in [0.5, 0.6) is 0 Å². The standard InChI is InChI=1S/C10H22N2O2/c1-6(2)8(11)9(14)12-10(4,5)7(3)13/h6-8,13H,11H2,1-5H3,(H,12,14). The van der Waals surface area contributed by atoms with E-state index in [1.54, 1.807) is 20.8 Å². The molecule has 0 spiro atoms. The topological polar surface area (TPSA) is 75.4 Å². The van der Waals surface area contributed by atoms with Gasteiger partial charge in [0.15, 0.2) is 0 Å². The van der Waals surface area contributed by atoms with E-state index in [1.807, 2.05) is 13.8 Å². The van der Waals surface area contributed by atoms with E-state index >= 15 is 0 Å². The van der Waals surface area contributed by atoms with Gasteiger partial charge >= 0.3 is 0 Å². The second kappa shape index (κ2) is 4.75. The third kappa shape index (κ3) is 3.64. The molecule has 4 N–H and O–H groups in total. The van der Waals surface area contributed by atoms with Crippen LogP contribution in [0.3, 0.4) is 0 Å². The summed E-state index contributed by atoms with van der Waals surface area (Å²) in [6.45, 7) is 8.95. The van der Waals surface area contributed by atoms with Crippen molar-refractivity contribution in [2.45, 2.75) is 52.3 Å². The lowest BCUT2D eigenvalue weighted by molar-refractivity contribution is -0.126. The summed E-state index contributed by atoms with van der Waals surface area (Å²) in [5, 5.41) is 12.1. The molecule has 4 heteroatoms. The number of rotatable bonds is 4. The van der Waals surface area contributed by atoms with Gasteiger partial charge in [-0.1, -0.05) is 13.8 Å². The van der Waals surface area contributed by atoms with Crippen LogP contribution in [-0.2, 0) is 4.79 Å². The van der Waals surface area contributed by atoms with Gasteiger partial charge in [0.2, 0.25) is 5.91 Å². The Balaban J connectivity index is 4.32. The fourth-order valence-corrected chi connectivity index (χ4v) is 0.808. The number of amides is 1. The Hall–Kier alpha value is -0.610. The van der Waals surface area contributed by atoms with E-state index in [-0.39, 0.29) is 11.8 Å². The Morgan fingerprint density at radius 3 is 2.07 bits per heavy atom. The van der Waals surface area contributed by atoms with Crippen LogP contribution in [0.2, 0.25) is 0 Å². The van der Waals surface area contributed by atoms with Gasteiger partial charge in [0.05, 0.1) is 17.7 Å². The quantitative estimate of drug-likeness (QED) is 0.611. The number of aliphatic hydroxyl groups excluding tert-OH is 1. The summed E-state index contributed by atoms with van der Waals surface area (Å²) in [4.78, 5) is 11.6. The average Bonchev–Trinajstić information content (AvgIpc) is 2.01. The minimum atomic E-state index is -0.635. The second-order valence-electron chi connectivity index (χ2n) is 4.66. The van der Waals surface area contributed by atoms with E-state index < -0.39 is 17.7 Å². The van der Waals surface area contributed by atoms with Crippen LogP contribution >= 0.6 is 0 Å². The van der Waals surface area contributed by atoms with Gasteiger partial charge in [0.25, 0.3) is 0 Å². The molecular weight excluding hydrogens is 180 g/mol. The molecule has 2 atom stereocenters. The van der Waals surface area contributed by atoms with Gasteiger partial charge in [0.1, 0.15) is 0 Å². The average molecular weight is 202 g/mol. The first-order valence-electron chi connectivity index (χ1n) is 4.94.